The molecule has 0 unspecified atom stereocenters. The van der Waals surface area contributed by atoms with Crippen molar-refractivity contribution >= 4 is 18.3 Å². The van der Waals surface area contributed by atoms with Gasteiger partial charge in [0.05, 0.1) is 0 Å². The minimum Gasteiger partial charge on any atom is -0.353 e. The highest BCUT2D eigenvalue weighted by atomic mass is 35.5. The zero-order valence-corrected chi connectivity index (χ0v) is 8.53. The lowest BCUT2D eigenvalue weighted by molar-refractivity contribution is -0.123. The molecular weight excluding hydrogens is 188 g/mol. The molecule has 0 radical (unpaired) electrons. The van der Waals surface area contributed by atoms with Crippen LogP contribution in [-0.2, 0) is 4.79 Å². The molecule has 0 aromatic rings. The number of carbonyl (C=O) groups is 1. The Morgan fingerprint density at radius 3 is 2.31 bits per heavy atom. The first-order chi connectivity index (χ1) is 5.86. The number of halogens is 1. The van der Waals surface area contributed by atoms with Crippen molar-refractivity contribution in [3.05, 3.63) is 0 Å². The second-order valence-electron chi connectivity index (χ2n) is 3.81. The molecule has 3 nitrogen and oxygen atoms in total. The van der Waals surface area contributed by atoms with E-state index < -0.39 is 0 Å². The molecule has 2 rings (SSSR count). The number of rotatable bonds is 2. The highest BCUT2D eigenvalue weighted by Crippen LogP contribution is 2.29. The van der Waals surface area contributed by atoms with Gasteiger partial charge in [0.1, 0.15) is 0 Å². The van der Waals surface area contributed by atoms with Gasteiger partial charge in [0, 0.05) is 12.0 Å². The van der Waals surface area contributed by atoms with Crippen molar-refractivity contribution in [1.82, 2.24) is 10.6 Å². The molecule has 2 N–H and O–H groups in total. The molecule has 0 aromatic heterocycles. The van der Waals surface area contributed by atoms with E-state index in [9.17, 15) is 4.79 Å². The summed E-state index contributed by atoms with van der Waals surface area (Å²) in [6, 6.07) is 0.444. The second kappa shape index (κ2) is 4.82. The molecule has 2 fully saturated rings. The minimum atomic E-state index is 0. The molecule has 1 saturated heterocycles. The van der Waals surface area contributed by atoms with E-state index in [4.69, 9.17) is 0 Å². The van der Waals surface area contributed by atoms with E-state index in [1.165, 1.54) is 0 Å². The van der Waals surface area contributed by atoms with Gasteiger partial charge in [-0.3, -0.25) is 4.79 Å². The van der Waals surface area contributed by atoms with Gasteiger partial charge in [-0.05, 0) is 38.8 Å². The van der Waals surface area contributed by atoms with Gasteiger partial charge < -0.3 is 10.6 Å². The number of piperidine rings is 1. The van der Waals surface area contributed by atoms with Crippen LogP contribution >= 0.6 is 12.4 Å². The van der Waals surface area contributed by atoms with Crippen LogP contribution in [-0.4, -0.2) is 25.0 Å². The first-order valence-electron chi connectivity index (χ1n) is 4.87. The van der Waals surface area contributed by atoms with Gasteiger partial charge in [-0.15, -0.1) is 12.4 Å². The normalized spacial score (nSPS) is 23.4. The first kappa shape index (κ1) is 10.8. The van der Waals surface area contributed by atoms with Crippen LogP contribution in [0.1, 0.15) is 25.7 Å². The predicted octanol–water partition coefficient (Wildman–Crippen LogP) is 0.686. The molecule has 4 heteroatoms. The quantitative estimate of drug-likeness (QED) is 0.695. The number of hydrogen-bond acceptors (Lipinski definition) is 2. The summed E-state index contributed by atoms with van der Waals surface area (Å²) in [5.41, 5.74) is 0. The Morgan fingerprint density at radius 1 is 1.15 bits per heavy atom. The molecule has 76 valence electrons. The first-order valence-corrected chi connectivity index (χ1v) is 4.87. The molecular formula is C9H17ClN2O. The van der Waals surface area contributed by atoms with Gasteiger partial charge in [0.25, 0.3) is 0 Å². The van der Waals surface area contributed by atoms with Gasteiger partial charge in [-0.1, -0.05) is 0 Å². The Morgan fingerprint density at radius 2 is 1.77 bits per heavy atom. The SMILES string of the molecule is Cl.O=C(NC1CCNCC1)C1CC1. The molecule has 1 aliphatic carbocycles. The number of carbonyl (C=O) groups excluding carboxylic acids is 1. The number of hydrogen-bond donors (Lipinski definition) is 2. The maximum absolute atomic E-state index is 11.3. The Kier molecular flexibility index (Phi) is 4.00. The summed E-state index contributed by atoms with van der Waals surface area (Å²) in [6.07, 6.45) is 4.41. The molecule has 0 atom stereocenters. The molecule has 1 saturated carbocycles. The van der Waals surface area contributed by atoms with Crippen LogP contribution in [0.4, 0.5) is 0 Å². The van der Waals surface area contributed by atoms with Crippen LogP contribution in [0.25, 0.3) is 0 Å². The third-order valence-electron chi connectivity index (χ3n) is 2.63. The van der Waals surface area contributed by atoms with Crippen molar-refractivity contribution in [2.45, 2.75) is 31.7 Å². The highest BCUT2D eigenvalue weighted by Gasteiger charge is 2.30. The summed E-state index contributed by atoms with van der Waals surface area (Å²) < 4.78 is 0. The maximum Gasteiger partial charge on any atom is 0.223 e. The van der Waals surface area contributed by atoms with E-state index in [1.54, 1.807) is 0 Å². The monoisotopic (exact) mass is 204 g/mol. The van der Waals surface area contributed by atoms with Gasteiger partial charge >= 0.3 is 0 Å². The van der Waals surface area contributed by atoms with Crippen LogP contribution < -0.4 is 10.6 Å². The van der Waals surface area contributed by atoms with Crippen LogP contribution in [0.15, 0.2) is 0 Å². The Hall–Kier alpha value is -0.280. The Bertz CT molecular complexity index is 176. The van der Waals surface area contributed by atoms with Crippen molar-refractivity contribution in [3.8, 4) is 0 Å². The average molecular weight is 205 g/mol. The number of amides is 1. The number of nitrogens with one attached hydrogen (secondary N) is 2. The molecule has 0 bridgehead atoms. The molecule has 1 aliphatic heterocycles. The Labute approximate surface area is 85.1 Å². The van der Waals surface area contributed by atoms with Gasteiger partial charge in [-0.2, -0.15) is 0 Å². The van der Waals surface area contributed by atoms with Crippen molar-refractivity contribution < 1.29 is 4.79 Å². The fourth-order valence-corrected chi connectivity index (χ4v) is 1.63. The molecule has 0 aromatic carbocycles. The van der Waals surface area contributed by atoms with Crippen LogP contribution in [0.2, 0.25) is 0 Å². The fourth-order valence-electron chi connectivity index (χ4n) is 1.63. The highest BCUT2D eigenvalue weighted by molar-refractivity contribution is 5.85. The molecule has 1 heterocycles. The molecule has 13 heavy (non-hydrogen) atoms. The molecule has 2 aliphatic rings. The van der Waals surface area contributed by atoms with Crippen LogP contribution in [0, 0.1) is 5.92 Å². The molecule has 1 amide bonds. The minimum absolute atomic E-state index is 0. The van der Waals surface area contributed by atoms with Crippen molar-refractivity contribution in [2.75, 3.05) is 13.1 Å². The summed E-state index contributed by atoms with van der Waals surface area (Å²) in [5, 5.41) is 6.38. The lowest BCUT2D eigenvalue weighted by atomic mass is 10.1. The predicted molar refractivity (Wildman–Crippen MR) is 54.0 cm³/mol. The van der Waals surface area contributed by atoms with Gasteiger partial charge in [0.2, 0.25) is 5.91 Å². The average Bonchev–Trinajstić information content (AvgIpc) is 2.88. The largest absolute Gasteiger partial charge is 0.353 e. The summed E-state index contributed by atoms with van der Waals surface area (Å²) in [5.74, 6) is 0.654. The van der Waals surface area contributed by atoms with Crippen LogP contribution in [0.3, 0.4) is 0 Å². The zero-order valence-electron chi connectivity index (χ0n) is 7.71. The van der Waals surface area contributed by atoms with E-state index in [-0.39, 0.29) is 12.4 Å². The lowest BCUT2D eigenvalue weighted by Crippen LogP contribution is -2.43. The standard InChI is InChI=1S/C9H16N2O.ClH/c12-9(7-1-2-7)11-8-3-5-10-6-4-8;/h7-8,10H,1-6H2,(H,11,12);1H. The summed E-state index contributed by atoms with van der Waals surface area (Å²) in [6.45, 7) is 2.10. The van der Waals surface area contributed by atoms with Crippen LogP contribution in [0.5, 0.6) is 0 Å². The van der Waals surface area contributed by atoms with Crippen molar-refractivity contribution in [3.63, 3.8) is 0 Å². The zero-order chi connectivity index (χ0) is 8.39. The second-order valence-corrected chi connectivity index (χ2v) is 3.81. The smallest absolute Gasteiger partial charge is 0.223 e. The van der Waals surface area contributed by atoms with Gasteiger partial charge in [-0.25, -0.2) is 0 Å². The van der Waals surface area contributed by atoms with E-state index in [0.717, 1.165) is 38.8 Å². The van der Waals surface area contributed by atoms with E-state index in [0.29, 0.717) is 17.9 Å². The lowest BCUT2D eigenvalue weighted by Gasteiger charge is -2.23. The third-order valence-corrected chi connectivity index (χ3v) is 2.63. The third kappa shape index (κ3) is 3.16. The fraction of sp³-hybridized carbons (Fsp3) is 0.889. The molecule has 0 spiro atoms. The summed E-state index contributed by atoms with van der Waals surface area (Å²) in [4.78, 5) is 11.3. The topological polar surface area (TPSA) is 41.1 Å². The van der Waals surface area contributed by atoms with E-state index >= 15 is 0 Å². The van der Waals surface area contributed by atoms with Crippen molar-refractivity contribution in [1.29, 1.82) is 0 Å². The van der Waals surface area contributed by atoms with E-state index in [2.05, 4.69) is 10.6 Å². The van der Waals surface area contributed by atoms with E-state index in [1.807, 2.05) is 0 Å². The van der Waals surface area contributed by atoms with Crippen molar-refractivity contribution in [2.24, 2.45) is 5.92 Å². The summed E-state index contributed by atoms with van der Waals surface area (Å²) >= 11 is 0. The maximum atomic E-state index is 11.3. The summed E-state index contributed by atoms with van der Waals surface area (Å²) in [7, 11) is 0. The Balaban J connectivity index is 0.000000845. The van der Waals surface area contributed by atoms with Gasteiger partial charge in [0.15, 0.2) is 0 Å².